The molecule has 0 aromatic heterocycles. The predicted molar refractivity (Wildman–Crippen MR) is 59.2 cm³/mol. The van der Waals surface area contributed by atoms with Crippen LogP contribution in [0.15, 0.2) is 36.4 Å². The molecule has 0 fully saturated rings. The van der Waals surface area contributed by atoms with Gasteiger partial charge in [0.25, 0.3) is 0 Å². The van der Waals surface area contributed by atoms with Gasteiger partial charge in [-0.05, 0) is 30.7 Å². The second-order valence-electron chi connectivity index (χ2n) is 3.56. The van der Waals surface area contributed by atoms with Crippen LogP contribution in [0.2, 0.25) is 0 Å². The molecule has 15 heavy (non-hydrogen) atoms. The zero-order valence-corrected chi connectivity index (χ0v) is 8.61. The van der Waals surface area contributed by atoms with E-state index in [1.165, 1.54) is 0 Å². The SMILES string of the molecule is C=C(CCN)C1COc2ccccc2O1. The summed E-state index contributed by atoms with van der Waals surface area (Å²) in [6.45, 7) is 5.08. The molecule has 0 spiro atoms. The lowest BCUT2D eigenvalue weighted by Gasteiger charge is -2.27. The van der Waals surface area contributed by atoms with Crippen molar-refractivity contribution in [1.82, 2.24) is 0 Å². The van der Waals surface area contributed by atoms with Gasteiger partial charge in [-0.2, -0.15) is 0 Å². The summed E-state index contributed by atoms with van der Waals surface area (Å²) in [7, 11) is 0. The summed E-state index contributed by atoms with van der Waals surface area (Å²) < 4.78 is 11.3. The van der Waals surface area contributed by atoms with Crippen molar-refractivity contribution in [3.8, 4) is 11.5 Å². The van der Waals surface area contributed by atoms with Gasteiger partial charge in [-0.3, -0.25) is 0 Å². The quantitative estimate of drug-likeness (QED) is 0.764. The van der Waals surface area contributed by atoms with E-state index < -0.39 is 0 Å². The summed E-state index contributed by atoms with van der Waals surface area (Å²) in [5, 5.41) is 0. The number of ether oxygens (including phenoxy) is 2. The van der Waals surface area contributed by atoms with E-state index in [9.17, 15) is 0 Å². The van der Waals surface area contributed by atoms with Crippen molar-refractivity contribution in [2.45, 2.75) is 12.5 Å². The summed E-state index contributed by atoms with van der Waals surface area (Å²) in [4.78, 5) is 0. The van der Waals surface area contributed by atoms with E-state index >= 15 is 0 Å². The number of para-hydroxylation sites is 2. The fourth-order valence-electron chi connectivity index (χ4n) is 1.57. The van der Waals surface area contributed by atoms with Crippen LogP contribution in [0, 0.1) is 0 Å². The third-order valence-electron chi connectivity index (χ3n) is 2.43. The zero-order chi connectivity index (χ0) is 10.7. The van der Waals surface area contributed by atoms with E-state index in [-0.39, 0.29) is 6.10 Å². The monoisotopic (exact) mass is 205 g/mol. The normalized spacial score (nSPS) is 18.6. The first-order chi connectivity index (χ1) is 7.31. The predicted octanol–water partition coefficient (Wildman–Crippen LogP) is 1.73. The van der Waals surface area contributed by atoms with E-state index in [4.69, 9.17) is 15.2 Å². The minimum atomic E-state index is -0.0663. The molecule has 1 aliphatic heterocycles. The Bertz CT molecular complexity index is 362. The number of hydrogen-bond acceptors (Lipinski definition) is 3. The van der Waals surface area contributed by atoms with E-state index in [1.54, 1.807) is 0 Å². The topological polar surface area (TPSA) is 44.5 Å². The molecule has 1 aromatic rings. The summed E-state index contributed by atoms with van der Waals surface area (Å²) in [5.41, 5.74) is 6.47. The van der Waals surface area contributed by atoms with Gasteiger partial charge in [0.1, 0.15) is 6.61 Å². The molecular formula is C12H15NO2. The molecule has 0 saturated heterocycles. The molecule has 1 aromatic carbocycles. The minimum absolute atomic E-state index is 0.0663. The molecular weight excluding hydrogens is 190 g/mol. The molecule has 1 aliphatic rings. The molecule has 80 valence electrons. The fraction of sp³-hybridized carbons (Fsp3) is 0.333. The molecule has 0 amide bonds. The van der Waals surface area contributed by atoms with Crippen molar-refractivity contribution in [3.05, 3.63) is 36.4 Å². The third-order valence-corrected chi connectivity index (χ3v) is 2.43. The first-order valence-corrected chi connectivity index (χ1v) is 5.07. The first kappa shape index (κ1) is 10.1. The van der Waals surface area contributed by atoms with Crippen LogP contribution in [0.4, 0.5) is 0 Å². The van der Waals surface area contributed by atoms with Gasteiger partial charge in [0.15, 0.2) is 17.6 Å². The smallest absolute Gasteiger partial charge is 0.162 e. The molecule has 3 nitrogen and oxygen atoms in total. The lowest BCUT2D eigenvalue weighted by Crippen LogP contribution is -2.31. The van der Waals surface area contributed by atoms with Crippen LogP contribution in [0.3, 0.4) is 0 Å². The molecule has 2 N–H and O–H groups in total. The summed E-state index contributed by atoms with van der Waals surface area (Å²) in [6.07, 6.45) is 0.708. The van der Waals surface area contributed by atoms with E-state index in [0.29, 0.717) is 13.2 Å². The van der Waals surface area contributed by atoms with Gasteiger partial charge in [-0.1, -0.05) is 18.7 Å². The van der Waals surface area contributed by atoms with E-state index in [2.05, 4.69) is 6.58 Å². The highest BCUT2D eigenvalue weighted by atomic mass is 16.6. The van der Waals surface area contributed by atoms with Gasteiger partial charge < -0.3 is 15.2 Å². The maximum absolute atomic E-state index is 5.77. The molecule has 1 heterocycles. The Labute approximate surface area is 89.5 Å². The van der Waals surface area contributed by atoms with Crippen LogP contribution >= 0.6 is 0 Å². The first-order valence-electron chi connectivity index (χ1n) is 5.07. The molecule has 0 bridgehead atoms. The Morgan fingerprint density at radius 3 is 2.87 bits per heavy atom. The van der Waals surface area contributed by atoms with Crippen molar-refractivity contribution in [2.75, 3.05) is 13.2 Å². The standard InChI is InChI=1S/C12H15NO2/c1-9(6-7-13)12-8-14-10-4-2-3-5-11(10)15-12/h2-5,12H,1,6-8,13H2. The Kier molecular flexibility index (Phi) is 2.92. The average Bonchev–Trinajstić information content (AvgIpc) is 2.29. The van der Waals surface area contributed by atoms with Gasteiger partial charge in [-0.15, -0.1) is 0 Å². The highest BCUT2D eigenvalue weighted by Crippen LogP contribution is 2.32. The van der Waals surface area contributed by atoms with Crippen LogP contribution in [-0.2, 0) is 0 Å². The van der Waals surface area contributed by atoms with Gasteiger partial charge in [0.05, 0.1) is 0 Å². The van der Waals surface area contributed by atoms with Crippen LogP contribution in [-0.4, -0.2) is 19.3 Å². The van der Waals surface area contributed by atoms with E-state index in [1.807, 2.05) is 24.3 Å². The van der Waals surface area contributed by atoms with Gasteiger partial charge in [0.2, 0.25) is 0 Å². The van der Waals surface area contributed by atoms with Gasteiger partial charge in [-0.25, -0.2) is 0 Å². The number of hydrogen-bond donors (Lipinski definition) is 1. The Balaban J connectivity index is 2.08. The molecule has 0 aliphatic carbocycles. The van der Waals surface area contributed by atoms with E-state index in [0.717, 1.165) is 23.5 Å². The molecule has 1 unspecified atom stereocenters. The second kappa shape index (κ2) is 4.36. The summed E-state index contributed by atoms with van der Waals surface area (Å²) in [6, 6.07) is 7.65. The largest absolute Gasteiger partial charge is 0.485 e. The lowest BCUT2D eigenvalue weighted by atomic mass is 10.1. The Morgan fingerprint density at radius 1 is 1.40 bits per heavy atom. The van der Waals surface area contributed by atoms with Crippen LogP contribution < -0.4 is 15.2 Å². The van der Waals surface area contributed by atoms with Crippen molar-refractivity contribution >= 4 is 0 Å². The molecule has 0 saturated carbocycles. The van der Waals surface area contributed by atoms with Crippen LogP contribution in [0.1, 0.15) is 6.42 Å². The molecule has 1 atom stereocenters. The summed E-state index contributed by atoms with van der Waals surface area (Å²) in [5.74, 6) is 1.58. The van der Waals surface area contributed by atoms with Crippen molar-refractivity contribution < 1.29 is 9.47 Å². The Morgan fingerprint density at radius 2 is 2.13 bits per heavy atom. The second-order valence-corrected chi connectivity index (χ2v) is 3.56. The number of rotatable bonds is 3. The van der Waals surface area contributed by atoms with Crippen molar-refractivity contribution in [1.29, 1.82) is 0 Å². The zero-order valence-electron chi connectivity index (χ0n) is 8.61. The lowest BCUT2D eigenvalue weighted by molar-refractivity contribution is 0.113. The van der Waals surface area contributed by atoms with Gasteiger partial charge in [0, 0.05) is 0 Å². The minimum Gasteiger partial charge on any atom is -0.485 e. The van der Waals surface area contributed by atoms with Gasteiger partial charge >= 0.3 is 0 Å². The highest BCUT2D eigenvalue weighted by Gasteiger charge is 2.22. The van der Waals surface area contributed by atoms with Crippen molar-refractivity contribution in [2.24, 2.45) is 5.73 Å². The number of nitrogens with two attached hydrogens (primary N) is 1. The fourth-order valence-corrected chi connectivity index (χ4v) is 1.57. The number of fused-ring (bicyclic) bond motifs is 1. The maximum atomic E-state index is 5.77. The van der Waals surface area contributed by atoms with Crippen molar-refractivity contribution in [3.63, 3.8) is 0 Å². The molecule has 2 rings (SSSR count). The Hall–Kier alpha value is -1.48. The average molecular weight is 205 g/mol. The third kappa shape index (κ3) is 2.13. The number of benzene rings is 1. The molecule has 0 radical (unpaired) electrons. The summed E-state index contributed by atoms with van der Waals surface area (Å²) >= 11 is 0. The van der Waals surface area contributed by atoms with Crippen LogP contribution in [0.25, 0.3) is 0 Å². The molecule has 3 heteroatoms. The van der Waals surface area contributed by atoms with Crippen LogP contribution in [0.5, 0.6) is 11.5 Å². The highest BCUT2D eigenvalue weighted by molar-refractivity contribution is 5.41. The maximum Gasteiger partial charge on any atom is 0.162 e.